The quantitative estimate of drug-likeness (QED) is 0.162. The summed E-state index contributed by atoms with van der Waals surface area (Å²) in [7, 11) is -3.25. The summed E-state index contributed by atoms with van der Waals surface area (Å²) in [4.78, 5) is 8.97. The highest BCUT2D eigenvalue weighted by atomic mass is 28.3. The van der Waals surface area contributed by atoms with Gasteiger partial charge in [-0.15, -0.1) is 0 Å². The van der Waals surface area contributed by atoms with Crippen molar-refractivity contribution in [3.05, 3.63) is 192 Å². The first-order chi connectivity index (χ1) is 23.0. The molecule has 0 fully saturated rings. The van der Waals surface area contributed by atoms with Crippen LogP contribution in [0.3, 0.4) is 0 Å². The average Bonchev–Trinajstić information content (AvgIpc) is 3.58. The van der Waals surface area contributed by atoms with E-state index in [0.717, 1.165) is 59.7 Å². The molecule has 0 atom stereocenters. The fraction of sp³-hybridized carbons (Fsp3) is 0.0244. The number of halogens is 3. The van der Waals surface area contributed by atoms with Crippen LogP contribution >= 0.6 is 0 Å². The molecule has 1 spiro atoms. The first kappa shape index (κ1) is 27.7. The third-order valence-corrected chi connectivity index (χ3v) is 14.8. The van der Waals surface area contributed by atoms with Crippen LogP contribution in [-0.4, -0.2) is 18.0 Å². The smallest absolute Gasteiger partial charge is 0.179 e. The molecule has 47 heavy (non-hydrogen) atoms. The van der Waals surface area contributed by atoms with Gasteiger partial charge < -0.3 is 0 Å². The zero-order valence-corrected chi connectivity index (χ0v) is 26.0. The number of pyridine rings is 2. The van der Waals surface area contributed by atoms with Crippen molar-refractivity contribution in [1.29, 1.82) is 0 Å². The third kappa shape index (κ3) is 3.73. The Labute approximate surface area is 270 Å². The molecule has 0 N–H and O–H groups in total. The highest BCUT2D eigenvalue weighted by Gasteiger charge is 2.52. The molecular weight excluding hydrogens is 606 g/mol. The van der Waals surface area contributed by atoms with Crippen molar-refractivity contribution in [2.24, 2.45) is 0 Å². The molecule has 0 unspecified atom stereocenters. The van der Waals surface area contributed by atoms with Crippen molar-refractivity contribution in [2.45, 2.75) is 5.41 Å². The fourth-order valence-corrected chi connectivity index (χ4v) is 12.9. The van der Waals surface area contributed by atoms with Crippen LogP contribution in [0.2, 0.25) is 0 Å². The lowest BCUT2D eigenvalue weighted by Gasteiger charge is -2.35. The molecule has 0 radical (unpaired) electrons. The van der Waals surface area contributed by atoms with Gasteiger partial charge in [-0.25, -0.2) is 13.2 Å². The van der Waals surface area contributed by atoms with Gasteiger partial charge in [0.05, 0.1) is 5.41 Å². The summed E-state index contributed by atoms with van der Waals surface area (Å²) in [6.45, 7) is 0. The molecule has 224 valence electrons. The highest BCUT2D eigenvalue weighted by Crippen LogP contribution is 2.62. The van der Waals surface area contributed by atoms with E-state index in [1.54, 1.807) is 0 Å². The Hall–Kier alpha value is -5.59. The lowest BCUT2D eigenvalue weighted by Crippen LogP contribution is -2.74. The summed E-state index contributed by atoms with van der Waals surface area (Å²) in [6, 6.07) is 39.2. The summed E-state index contributed by atoms with van der Waals surface area (Å²) in [5, 5.41) is 3.75. The minimum absolute atomic E-state index is 0.345. The van der Waals surface area contributed by atoms with Gasteiger partial charge in [-0.2, -0.15) is 0 Å². The van der Waals surface area contributed by atoms with Crippen LogP contribution in [0, 0.1) is 17.5 Å². The normalized spacial score (nSPS) is 13.6. The monoisotopic (exact) mass is 630 g/mol. The van der Waals surface area contributed by atoms with Crippen molar-refractivity contribution in [1.82, 2.24) is 9.97 Å². The second kappa shape index (κ2) is 10.2. The number of hydrogen-bond acceptors (Lipinski definition) is 2. The van der Waals surface area contributed by atoms with Crippen LogP contribution in [-0.2, 0) is 5.41 Å². The largest absolute Gasteiger partial charge is 0.264 e. The number of benzene rings is 5. The zero-order valence-electron chi connectivity index (χ0n) is 25.0. The van der Waals surface area contributed by atoms with Crippen molar-refractivity contribution >= 4 is 28.8 Å². The van der Waals surface area contributed by atoms with Gasteiger partial charge in [0.15, 0.2) is 8.07 Å². The first-order valence-corrected chi connectivity index (χ1v) is 17.5. The minimum Gasteiger partial charge on any atom is -0.264 e. The van der Waals surface area contributed by atoms with E-state index in [9.17, 15) is 13.2 Å². The molecule has 6 heteroatoms. The summed E-state index contributed by atoms with van der Waals surface area (Å²) in [5.41, 5.74) is 8.44. The lowest BCUT2D eigenvalue weighted by atomic mass is 9.71. The van der Waals surface area contributed by atoms with E-state index in [1.165, 1.54) is 42.0 Å². The number of fused-ring (bicyclic) bond motifs is 10. The number of nitrogens with zero attached hydrogens (tertiary/aromatic N) is 2. The van der Waals surface area contributed by atoms with Crippen molar-refractivity contribution in [2.75, 3.05) is 0 Å². The van der Waals surface area contributed by atoms with Gasteiger partial charge in [0.2, 0.25) is 0 Å². The van der Waals surface area contributed by atoms with Gasteiger partial charge in [0.25, 0.3) is 0 Å². The molecular formula is C41H25F3N2Si. The summed E-state index contributed by atoms with van der Waals surface area (Å²) >= 11 is 0. The molecule has 9 rings (SSSR count). The van der Waals surface area contributed by atoms with Crippen molar-refractivity contribution in [3.63, 3.8) is 0 Å². The molecule has 2 aliphatic carbocycles. The molecule has 7 aromatic rings. The van der Waals surface area contributed by atoms with Gasteiger partial charge in [-0.1, -0.05) is 78.9 Å². The van der Waals surface area contributed by atoms with E-state index in [4.69, 9.17) is 0 Å². The van der Waals surface area contributed by atoms with Gasteiger partial charge in [-0.3, -0.25) is 9.97 Å². The fourth-order valence-electron chi connectivity index (χ4n) is 8.21. The number of aromatic nitrogens is 2. The first-order valence-electron chi connectivity index (χ1n) is 15.5. The summed E-state index contributed by atoms with van der Waals surface area (Å²) < 4.78 is 43.4. The lowest BCUT2D eigenvalue weighted by molar-refractivity contribution is 0.628. The minimum atomic E-state index is -3.25. The van der Waals surface area contributed by atoms with Crippen molar-refractivity contribution < 1.29 is 13.2 Å². The predicted octanol–water partition coefficient (Wildman–Crippen LogP) is 6.61. The predicted molar refractivity (Wildman–Crippen MR) is 182 cm³/mol. The molecule has 0 bridgehead atoms. The van der Waals surface area contributed by atoms with Gasteiger partial charge in [-0.05, 0) is 103 Å². The van der Waals surface area contributed by atoms with E-state index in [-0.39, 0.29) is 17.5 Å². The van der Waals surface area contributed by atoms with Crippen molar-refractivity contribution in [3.8, 4) is 22.3 Å². The molecule has 5 aromatic carbocycles. The average molecular weight is 631 g/mol. The van der Waals surface area contributed by atoms with E-state index >= 15 is 0 Å². The highest BCUT2D eigenvalue weighted by molar-refractivity contribution is 7.19. The van der Waals surface area contributed by atoms with Gasteiger partial charge in [0, 0.05) is 35.9 Å². The van der Waals surface area contributed by atoms with Crippen LogP contribution < -0.4 is 20.7 Å². The maximum atomic E-state index is 14.5. The molecule has 0 saturated heterocycles. The van der Waals surface area contributed by atoms with Crippen LogP contribution in [0.4, 0.5) is 13.2 Å². The van der Waals surface area contributed by atoms with Gasteiger partial charge >= 0.3 is 0 Å². The van der Waals surface area contributed by atoms with Crippen LogP contribution in [0.1, 0.15) is 22.3 Å². The van der Waals surface area contributed by atoms with Crippen LogP contribution in [0.15, 0.2) is 152 Å². The van der Waals surface area contributed by atoms with Crippen LogP contribution in [0.25, 0.3) is 22.3 Å². The molecule has 2 aliphatic rings. The van der Waals surface area contributed by atoms with Gasteiger partial charge in [0.1, 0.15) is 17.5 Å². The molecule has 2 nitrogen and oxygen atoms in total. The topological polar surface area (TPSA) is 25.8 Å². The number of hydrogen-bond donors (Lipinski definition) is 0. The Morgan fingerprint density at radius 1 is 0.404 bits per heavy atom. The molecule has 2 aromatic heterocycles. The maximum absolute atomic E-state index is 14.5. The molecule has 2 heterocycles. The Bertz CT molecular complexity index is 2180. The van der Waals surface area contributed by atoms with Crippen LogP contribution in [0.5, 0.6) is 0 Å². The Balaban J connectivity index is 1.40. The van der Waals surface area contributed by atoms with E-state index in [1.807, 2.05) is 61.2 Å². The Morgan fingerprint density at radius 3 is 1.34 bits per heavy atom. The van der Waals surface area contributed by atoms with E-state index in [0.29, 0.717) is 0 Å². The SMILES string of the molecule is Fc1ccc([Si](c2ccc(F)cc2)(c2ccc(F)cc2)c2ccc3c(c2)-c2ccccc2C32c3ccncc3-c3cnccc32)cc1. The van der Waals surface area contributed by atoms with E-state index in [2.05, 4.69) is 64.6 Å². The Kier molecular flexibility index (Phi) is 6.01. The Morgan fingerprint density at radius 2 is 0.830 bits per heavy atom. The second-order valence-corrected chi connectivity index (χ2v) is 16.0. The van der Waals surface area contributed by atoms with E-state index < -0.39 is 13.5 Å². The number of rotatable bonds is 4. The summed E-state index contributed by atoms with van der Waals surface area (Å²) in [5.74, 6) is -1.04. The molecule has 0 saturated carbocycles. The maximum Gasteiger partial charge on any atom is 0.179 e. The molecule has 0 aliphatic heterocycles. The second-order valence-electron chi connectivity index (χ2n) is 12.2. The summed E-state index contributed by atoms with van der Waals surface area (Å²) in [6.07, 6.45) is 7.55. The zero-order chi connectivity index (χ0) is 31.8. The standard InChI is InChI=1S/C41H25F3N2Si/c42-26-5-11-29(12-6-26)47(30-13-7-27(43)8-14-30,31-15-9-28(44)10-16-31)32-17-18-38-34(23-32)33-3-1-2-4-37(33)41(38)39-19-21-45-24-35(39)36-25-46-22-20-40(36)41/h1-25H. The molecule has 0 amide bonds. The third-order valence-electron chi connectivity index (χ3n) is 10.0.